The maximum absolute atomic E-state index is 14.7. The summed E-state index contributed by atoms with van der Waals surface area (Å²) in [6.45, 7) is 2.81. The number of nitrogens with zero attached hydrogens (tertiary/aromatic N) is 3. The maximum Gasteiger partial charge on any atom is 0.414 e. The summed E-state index contributed by atoms with van der Waals surface area (Å²) in [4.78, 5) is 15.7. The number of benzene rings is 1. The van der Waals surface area contributed by atoms with E-state index in [9.17, 15) is 13.6 Å². The smallest absolute Gasteiger partial charge is 0.414 e. The van der Waals surface area contributed by atoms with Crippen LogP contribution in [0.15, 0.2) is 29.8 Å². The molecule has 2 heterocycles. The number of halogens is 2. The molecule has 2 aliphatic heterocycles. The summed E-state index contributed by atoms with van der Waals surface area (Å²) in [5.74, 6) is -0.540. The first-order valence-electron chi connectivity index (χ1n) is 8.88. The van der Waals surface area contributed by atoms with Crippen LogP contribution in [0.25, 0.3) is 0 Å². The van der Waals surface area contributed by atoms with Crippen LogP contribution in [0.2, 0.25) is 0 Å². The average Bonchev–Trinajstić information content (AvgIpc) is 3.02. The molecule has 0 aromatic heterocycles. The number of ether oxygens (including phenoxy) is 1. The zero-order valence-electron chi connectivity index (χ0n) is 15.3. The molecule has 0 aliphatic carbocycles. The van der Waals surface area contributed by atoms with Gasteiger partial charge in [0.1, 0.15) is 18.1 Å². The van der Waals surface area contributed by atoms with E-state index in [1.54, 1.807) is 17.9 Å². The highest BCUT2D eigenvalue weighted by atomic mass is 32.1. The predicted octanol–water partition coefficient (Wildman–Crippen LogP) is 3.09. The number of cyclic esters (lactones) is 1. The average molecular weight is 406 g/mol. The largest absolute Gasteiger partial charge is 0.442 e. The van der Waals surface area contributed by atoms with Crippen molar-refractivity contribution in [1.29, 1.82) is 5.26 Å². The van der Waals surface area contributed by atoms with Gasteiger partial charge in [0.25, 0.3) is 0 Å². The second kappa shape index (κ2) is 8.52. The summed E-state index contributed by atoms with van der Waals surface area (Å²) < 4.78 is 34.1. The van der Waals surface area contributed by atoms with E-state index in [1.807, 2.05) is 6.07 Å². The number of amides is 1. The Kier molecular flexibility index (Phi) is 6.09. The van der Waals surface area contributed by atoms with Crippen LogP contribution in [0.3, 0.4) is 0 Å². The van der Waals surface area contributed by atoms with Crippen LogP contribution in [0.4, 0.5) is 25.0 Å². The minimum Gasteiger partial charge on any atom is -0.442 e. The van der Waals surface area contributed by atoms with Gasteiger partial charge in [-0.2, -0.15) is 5.26 Å². The number of carbonyl (C=O) groups is 1. The highest BCUT2D eigenvalue weighted by molar-refractivity contribution is 7.80. The number of thiocarbonyl (C=S) groups is 1. The van der Waals surface area contributed by atoms with E-state index in [0.717, 1.165) is 0 Å². The molecule has 0 bridgehead atoms. The van der Waals surface area contributed by atoms with Crippen LogP contribution in [-0.4, -0.2) is 49.5 Å². The fourth-order valence-electron chi connectivity index (χ4n) is 3.30. The monoisotopic (exact) mass is 406 g/mol. The van der Waals surface area contributed by atoms with Crippen molar-refractivity contribution < 1.29 is 18.3 Å². The zero-order chi connectivity index (χ0) is 20.3. The van der Waals surface area contributed by atoms with Gasteiger partial charge in [-0.1, -0.05) is 12.2 Å². The molecule has 0 radical (unpaired) electrons. The fraction of sp³-hybridized carbons (Fsp3) is 0.421. The van der Waals surface area contributed by atoms with E-state index in [1.165, 1.54) is 23.1 Å². The molecule has 6 nitrogen and oxygen atoms in total. The topological polar surface area (TPSA) is 68.6 Å². The third-order valence-electron chi connectivity index (χ3n) is 4.74. The number of nitrogens with one attached hydrogen (secondary N) is 1. The molecular weight excluding hydrogens is 386 g/mol. The summed E-state index contributed by atoms with van der Waals surface area (Å²) in [5, 5.41) is 11.6. The second-order valence-corrected chi connectivity index (χ2v) is 7.31. The van der Waals surface area contributed by atoms with Crippen LogP contribution < -0.4 is 15.1 Å². The van der Waals surface area contributed by atoms with E-state index in [0.29, 0.717) is 35.8 Å². The van der Waals surface area contributed by atoms with Crippen LogP contribution in [-0.2, 0) is 4.74 Å². The number of nitriles is 1. The number of hydrogen-bond donors (Lipinski definition) is 1. The molecule has 1 unspecified atom stereocenters. The summed E-state index contributed by atoms with van der Waals surface area (Å²) in [5.41, 5.74) is 1.08. The quantitative estimate of drug-likeness (QED) is 0.612. The number of anilines is 2. The lowest BCUT2D eigenvalue weighted by Crippen LogP contribution is -2.38. The molecule has 28 heavy (non-hydrogen) atoms. The van der Waals surface area contributed by atoms with Crippen LogP contribution in [0, 0.1) is 17.1 Å². The molecule has 1 aromatic rings. The van der Waals surface area contributed by atoms with Crippen molar-refractivity contribution in [3.63, 3.8) is 0 Å². The van der Waals surface area contributed by atoms with E-state index in [2.05, 4.69) is 5.32 Å². The van der Waals surface area contributed by atoms with Crippen LogP contribution in [0.5, 0.6) is 0 Å². The predicted molar refractivity (Wildman–Crippen MR) is 106 cm³/mol. The Hall–Kier alpha value is -2.73. The van der Waals surface area contributed by atoms with E-state index < -0.39 is 18.1 Å². The molecule has 1 amide bonds. The van der Waals surface area contributed by atoms with Gasteiger partial charge in [0.05, 0.1) is 42.1 Å². The van der Waals surface area contributed by atoms with Crippen molar-refractivity contribution in [3.8, 4) is 6.07 Å². The molecule has 148 valence electrons. The molecule has 1 N–H and O–H groups in total. The second-order valence-electron chi connectivity index (χ2n) is 6.70. The van der Waals surface area contributed by atoms with Crippen LogP contribution in [0.1, 0.15) is 13.3 Å². The molecule has 1 aromatic carbocycles. The number of piperidine rings is 1. The normalized spacial score (nSPS) is 23.5. The fourth-order valence-corrected chi connectivity index (χ4v) is 3.39. The van der Waals surface area contributed by atoms with Crippen molar-refractivity contribution in [1.82, 2.24) is 5.32 Å². The minimum atomic E-state index is -1.31. The van der Waals surface area contributed by atoms with Gasteiger partial charge < -0.3 is 15.0 Å². The molecule has 3 rings (SSSR count). The third-order valence-corrected chi connectivity index (χ3v) is 4.88. The Morgan fingerprint density at radius 3 is 2.93 bits per heavy atom. The number of allylic oxidation sites excluding steroid dienone is 1. The Balaban J connectivity index is 1.69. The van der Waals surface area contributed by atoms with Gasteiger partial charge in [-0.05, 0) is 37.1 Å². The first-order chi connectivity index (χ1) is 13.4. The lowest BCUT2D eigenvalue weighted by atomic mass is 10.0. The summed E-state index contributed by atoms with van der Waals surface area (Å²) >= 11 is 4.94. The van der Waals surface area contributed by atoms with E-state index in [-0.39, 0.29) is 24.9 Å². The molecular formula is C19H20F2N4O2S. The molecule has 0 spiro atoms. The Bertz CT molecular complexity index is 855. The van der Waals surface area contributed by atoms with Crippen LogP contribution >= 0.6 is 12.2 Å². The van der Waals surface area contributed by atoms with Gasteiger partial charge in [0, 0.05) is 12.6 Å². The van der Waals surface area contributed by atoms with E-state index >= 15 is 0 Å². The van der Waals surface area contributed by atoms with Crippen molar-refractivity contribution in [2.45, 2.75) is 25.6 Å². The molecule has 2 atom stereocenters. The minimum absolute atomic E-state index is 0.0137. The number of alkyl halides is 1. The Labute approximate surface area is 167 Å². The van der Waals surface area contributed by atoms with Crippen molar-refractivity contribution in [3.05, 3.63) is 35.7 Å². The molecule has 0 saturated carbocycles. The first kappa shape index (κ1) is 20.0. The summed E-state index contributed by atoms with van der Waals surface area (Å²) in [6.07, 6.45) is -0.653. The van der Waals surface area contributed by atoms with Crippen molar-refractivity contribution >= 4 is 34.7 Å². The standard InChI is InChI=1S/C19H20F2N4O2S/c1-12(28)23-9-15-10-25(19(26)27-15)14-2-3-18(16(20)8-14)24-7-5-13(4-6-22)17(21)11-24/h2-4,8,15,17H,5,7,9-11H2,1H3,(H,23,28)/t15?,17-/m1/s1. The third kappa shape index (κ3) is 4.39. The highest BCUT2D eigenvalue weighted by Gasteiger charge is 2.33. The van der Waals surface area contributed by atoms with Gasteiger partial charge in [0.15, 0.2) is 0 Å². The summed E-state index contributed by atoms with van der Waals surface area (Å²) in [6, 6.07) is 6.25. The maximum atomic E-state index is 14.7. The van der Waals surface area contributed by atoms with Gasteiger partial charge in [-0.15, -0.1) is 0 Å². The lowest BCUT2D eigenvalue weighted by molar-refractivity contribution is 0.143. The van der Waals surface area contributed by atoms with Gasteiger partial charge in [-0.25, -0.2) is 13.6 Å². The first-order valence-corrected chi connectivity index (χ1v) is 9.29. The van der Waals surface area contributed by atoms with Gasteiger partial charge in [0.2, 0.25) is 0 Å². The SMILES string of the molecule is CC(=S)NCC1CN(c2ccc(N3CCC(=CC#N)[C@H](F)C3)c(F)c2)C(=O)O1. The van der Waals surface area contributed by atoms with E-state index in [4.69, 9.17) is 22.2 Å². The van der Waals surface area contributed by atoms with Gasteiger partial charge in [-0.3, -0.25) is 4.90 Å². The zero-order valence-corrected chi connectivity index (χ0v) is 16.1. The number of rotatable bonds is 4. The highest BCUT2D eigenvalue weighted by Crippen LogP contribution is 2.31. The van der Waals surface area contributed by atoms with Gasteiger partial charge >= 0.3 is 6.09 Å². The van der Waals surface area contributed by atoms with Crippen molar-refractivity contribution in [2.24, 2.45) is 0 Å². The molecule has 2 aliphatic rings. The molecule has 2 fully saturated rings. The Morgan fingerprint density at radius 2 is 2.29 bits per heavy atom. The Morgan fingerprint density at radius 1 is 1.50 bits per heavy atom. The number of carbonyl (C=O) groups excluding carboxylic acids is 1. The number of hydrogen-bond acceptors (Lipinski definition) is 5. The van der Waals surface area contributed by atoms with Crippen molar-refractivity contribution in [2.75, 3.05) is 36.0 Å². The molecule has 2 saturated heterocycles. The lowest BCUT2D eigenvalue weighted by Gasteiger charge is -2.32. The molecule has 9 heteroatoms. The summed E-state index contributed by atoms with van der Waals surface area (Å²) in [7, 11) is 0.